The van der Waals surface area contributed by atoms with Crippen molar-refractivity contribution in [3.63, 3.8) is 0 Å². The minimum atomic E-state index is -2.66. The minimum Gasteiger partial charge on any atom is -0.481 e. The van der Waals surface area contributed by atoms with Crippen molar-refractivity contribution in [2.75, 3.05) is 6.61 Å². The molecule has 1 aromatic rings. The van der Waals surface area contributed by atoms with Crippen LogP contribution in [0.3, 0.4) is 0 Å². The normalized spacial score (nSPS) is 14.7. The molecule has 0 spiro atoms. The number of benzene rings is 1. The van der Waals surface area contributed by atoms with E-state index in [1.54, 1.807) is 6.07 Å². The molecule has 1 aromatic carbocycles. The van der Waals surface area contributed by atoms with E-state index >= 15 is 0 Å². The highest BCUT2D eigenvalue weighted by atomic mass is 19.3. The Labute approximate surface area is 108 Å². The van der Waals surface area contributed by atoms with Gasteiger partial charge in [-0.2, -0.15) is 0 Å². The van der Waals surface area contributed by atoms with Gasteiger partial charge >= 0.3 is 5.69 Å². The Bertz CT molecular complexity index is 464. The maximum Gasteiger partial charge on any atom is 0.311 e. The maximum absolute atomic E-state index is 12.0. The second-order valence-corrected chi connectivity index (χ2v) is 4.42. The third kappa shape index (κ3) is 4.13. The number of alkyl halides is 2. The molecule has 0 amide bonds. The zero-order valence-corrected chi connectivity index (χ0v) is 10.1. The number of ether oxygens (including phenoxy) is 1. The first-order valence-corrected chi connectivity index (χ1v) is 5.98. The molecule has 1 saturated carbocycles. The van der Waals surface area contributed by atoms with E-state index in [9.17, 15) is 18.9 Å². The molecule has 1 N–H and O–H groups in total. The molecular weight excluding hydrogens is 258 g/mol. The van der Waals surface area contributed by atoms with Gasteiger partial charge in [0.25, 0.3) is 6.43 Å². The van der Waals surface area contributed by atoms with Crippen molar-refractivity contribution in [2.45, 2.75) is 31.9 Å². The fourth-order valence-electron chi connectivity index (χ4n) is 1.64. The quantitative estimate of drug-likeness (QED) is 0.611. The molecule has 1 aliphatic rings. The van der Waals surface area contributed by atoms with Crippen LogP contribution in [-0.4, -0.2) is 24.0 Å². The third-order valence-corrected chi connectivity index (χ3v) is 2.76. The monoisotopic (exact) mass is 272 g/mol. The van der Waals surface area contributed by atoms with Crippen molar-refractivity contribution >= 4 is 5.69 Å². The molecule has 0 aromatic heterocycles. The van der Waals surface area contributed by atoms with Gasteiger partial charge in [-0.25, -0.2) is 8.78 Å². The molecule has 0 atom stereocenters. The van der Waals surface area contributed by atoms with Crippen molar-refractivity contribution < 1.29 is 18.4 Å². The number of nitro groups is 1. The summed E-state index contributed by atoms with van der Waals surface area (Å²) in [6, 6.07) is 4.86. The standard InChI is InChI=1S/C12H14F2N2O3/c13-12(14)7-19-11-4-1-8(5-10(11)16(17)18)6-15-9-2-3-9/h1,4-5,9,12,15H,2-3,6-7H2. The van der Waals surface area contributed by atoms with E-state index in [-0.39, 0.29) is 11.4 Å². The Morgan fingerprint density at radius 2 is 2.21 bits per heavy atom. The Morgan fingerprint density at radius 1 is 1.47 bits per heavy atom. The summed E-state index contributed by atoms with van der Waals surface area (Å²) < 4.78 is 28.8. The fourth-order valence-corrected chi connectivity index (χ4v) is 1.64. The summed E-state index contributed by atoms with van der Waals surface area (Å²) in [7, 11) is 0. The van der Waals surface area contributed by atoms with Crippen molar-refractivity contribution in [3.05, 3.63) is 33.9 Å². The summed E-state index contributed by atoms with van der Waals surface area (Å²) in [4.78, 5) is 10.3. The number of hydrogen-bond donors (Lipinski definition) is 1. The van der Waals surface area contributed by atoms with Crippen LogP contribution in [0.2, 0.25) is 0 Å². The van der Waals surface area contributed by atoms with E-state index in [0.29, 0.717) is 12.6 Å². The van der Waals surface area contributed by atoms with Crippen LogP contribution in [0, 0.1) is 10.1 Å². The summed E-state index contributed by atoms with van der Waals surface area (Å²) in [6.45, 7) is -0.318. The number of hydrogen-bond acceptors (Lipinski definition) is 4. The van der Waals surface area contributed by atoms with Crippen molar-refractivity contribution in [1.29, 1.82) is 0 Å². The van der Waals surface area contributed by atoms with Gasteiger partial charge in [0.05, 0.1) is 4.92 Å². The van der Waals surface area contributed by atoms with Gasteiger partial charge in [-0.3, -0.25) is 10.1 Å². The van der Waals surface area contributed by atoms with Crippen molar-refractivity contribution in [3.8, 4) is 5.75 Å². The van der Waals surface area contributed by atoms with E-state index in [0.717, 1.165) is 18.4 Å². The molecular formula is C12H14F2N2O3. The number of nitrogens with one attached hydrogen (secondary N) is 1. The van der Waals surface area contributed by atoms with Crippen molar-refractivity contribution in [1.82, 2.24) is 5.32 Å². The van der Waals surface area contributed by atoms with Crippen LogP contribution in [0.25, 0.3) is 0 Å². The average Bonchev–Trinajstić information content (AvgIpc) is 3.18. The lowest BCUT2D eigenvalue weighted by Crippen LogP contribution is -2.15. The number of nitrogens with zero attached hydrogens (tertiary/aromatic N) is 1. The van der Waals surface area contributed by atoms with Crippen LogP contribution in [0.4, 0.5) is 14.5 Å². The number of halogens is 2. The largest absolute Gasteiger partial charge is 0.481 e. The molecule has 19 heavy (non-hydrogen) atoms. The van der Waals surface area contributed by atoms with Gasteiger partial charge in [-0.15, -0.1) is 0 Å². The summed E-state index contributed by atoms with van der Waals surface area (Å²) >= 11 is 0. The Morgan fingerprint density at radius 3 is 2.79 bits per heavy atom. The highest BCUT2D eigenvalue weighted by Gasteiger charge is 2.21. The third-order valence-electron chi connectivity index (χ3n) is 2.76. The highest BCUT2D eigenvalue weighted by molar-refractivity contribution is 5.48. The lowest BCUT2D eigenvalue weighted by molar-refractivity contribution is -0.386. The maximum atomic E-state index is 12.0. The van der Waals surface area contributed by atoms with Crippen molar-refractivity contribution in [2.24, 2.45) is 0 Å². The predicted molar refractivity (Wildman–Crippen MR) is 64.5 cm³/mol. The van der Waals surface area contributed by atoms with Crippen LogP contribution in [-0.2, 0) is 6.54 Å². The molecule has 0 saturated heterocycles. The molecule has 0 bridgehead atoms. The second kappa shape index (κ2) is 5.92. The summed E-state index contributed by atoms with van der Waals surface area (Å²) in [5, 5.41) is 14.1. The van der Waals surface area contributed by atoms with Gasteiger partial charge in [-0.05, 0) is 24.5 Å². The van der Waals surface area contributed by atoms with Crippen LogP contribution in [0.5, 0.6) is 5.75 Å². The van der Waals surface area contributed by atoms with Crippen LogP contribution >= 0.6 is 0 Å². The summed E-state index contributed by atoms with van der Waals surface area (Å²) in [5.41, 5.74) is 0.457. The van der Waals surface area contributed by atoms with Gasteiger partial charge in [-0.1, -0.05) is 6.07 Å². The molecule has 5 nitrogen and oxygen atoms in total. The van der Waals surface area contributed by atoms with E-state index in [1.165, 1.54) is 12.1 Å². The molecule has 0 aliphatic heterocycles. The Hall–Kier alpha value is -1.76. The fraction of sp³-hybridized carbons (Fsp3) is 0.500. The van der Waals surface area contributed by atoms with E-state index in [1.807, 2.05) is 0 Å². The lowest BCUT2D eigenvalue weighted by Gasteiger charge is -2.08. The number of nitro benzene ring substituents is 1. The van der Waals surface area contributed by atoms with Gasteiger partial charge in [0, 0.05) is 18.7 Å². The summed E-state index contributed by atoms with van der Waals surface area (Å²) in [6.07, 6.45) is -0.411. The minimum absolute atomic E-state index is 0.125. The Kier molecular flexibility index (Phi) is 4.26. The molecule has 2 rings (SSSR count). The number of rotatable bonds is 7. The van der Waals surface area contributed by atoms with Gasteiger partial charge < -0.3 is 10.1 Å². The van der Waals surface area contributed by atoms with Crippen LogP contribution in [0.15, 0.2) is 18.2 Å². The van der Waals surface area contributed by atoms with E-state index < -0.39 is 18.0 Å². The average molecular weight is 272 g/mol. The molecule has 1 aliphatic carbocycles. The smallest absolute Gasteiger partial charge is 0.311 e. The SMILES string of the molecule is O=[N+]([O-])c1cc(CNC2CC2)ccc1OCC(F)F. The molecule has 1 fully saturated rings. The van der Waals surface area contributed by atoms with E-state index in [4.69, 9.17) is 4.74 Å². The molecule has 0 unspecified atom stereocenters. The molecule has 0 heterocycles. The first kappa shape index (κ1) is 13.7. The first-order chi connectivity index (χ1) is 9.06. The van der Waals surface area contributed by atoms with Gasteiger partial charge in [0.1, 0.15) is 6.61 Å². The summed E-state index contributed by atoms with van der Waals surface area (Å²) in [5.74, 6) is -0.125. The van der Waals surface area contributed by atoms with Crippen LogP contribution < -0.4 is 10.1 Å². The zero-order chi connectivity index (χ0) is 13.8. The topological polar surface area (TPSA) is 64.4 Å². The molecule has 104 valence electrons. The molecule has 0 radical (unpaired) electrons. The van der Waals surface area contributed by atoms with E-state index in [2.05, 4.69) is 5.32 Å². The zero-order valence-electron chi connectivity index (χ0n) is 10.1. The van der Waals surface area contributed by atoms with Gasteiger partial charge in [0.15, 0.2) is 5.75 Å². The Balaban J connectivity index is 2.06. The van der Waals surface area contributed by atoms with Crippen LogP contribution in [0.1, 0.15) is 18.4 Å². The first-order valence-electron chi connectivity index (χ1n) is 5.98. The highest BCUT2D eigenvalue weighted by Crippen LogP contribution is 2.29. The molecule has 7 heteroatoms. The predicted octanol–water partition coefficient (Wildman–Crippen LogP) is 2.49. The lowest BCUT2D eigenvalue weighted by atomic mass is 10.2. The second-order valence-electron chi connectivity index (χ2n) is 4.42. The van der Waals surface area contributed by atoms with Gasteiger partial charge in [0.2, 0.25) is 0 Å².